The molecule has 0 bridgehead atoms. The third kappa shape index (κ3) is 3.57. The van der Waals surface area contributed by atoms with Crippen molar-refractivity contribution in [1.29, 1.82) is 0 Å². The molecule has 1 heterocycles. The third-order valence-electron chi connectivity index (χ3n) is 2.19. The molecule has 0 atom stereocenters. The molecule has 5 heteroatoms. The molecule has 1 fully saturated rings. The second-order valence-electron chi connectivity index (χ2n) is 3.22. The number of carbonyl (C=O) groups excluding carboxylic acids is 2. The van der Waals surface area contributed by atoms with Crippen molar-refractivity contribution in [2.45, 2.75) is 12.8 Å². The quantitative estimate of drug-likeness (QED) is 0.727. The molecule has 1 aliphatic heterocycles. The molecule has 0 aliphatic carbocycles. The number of nitrogens with zero attached hydrogens (tertiary/aromatic N) is 1. The molecule has 0 aromatic heterocycles. The SMILES string of the molecule is CSCCC(=O)N1CCNC(=O)CC1. The normalized spacial score (nSPS) is 17.5. The largest absolute Gasteiger partial charge is 0.354 e. The fraction of sp³-hybridized carbons (Fsp3) is 0.778. The lowest BCUT2D eigenvalue weighted by Gasteiger charge is -2.18. The molecular formula is C9H16N2O2S. The van der Waals surface area contributed by atoms with E-state index >= 15 is 0 Å². The number of hydrogen-bond donors (Lipinski definition) is 1. The van der Waals surface area contributed by atoms with Crippen molar-refractivity contribution in [3.63, 3.8) is 0 Å². The van der Waals surface area contributed by atoms with Crippen molar-refractivity contribution >= 4 is 23.6 Å². The fourth-order valence-corrected chi connectivity index (χ4v) is 1.74. The average Bonchev–Trinajstić information content (AvgIpc) is 2.39. The van der Waals surface area contributed by atoms with Gasteiger partial charge in [-0.2, -0.15) is 11.8 Å². The molecule has 80 valence electrons. The van der Waals surface area contributed by atoms with Crippen LogP contribution in [0.2, 0.25) is 0 Å². The lowest BCUT2D eigenvalue weighted by Crippen LogP contribution is -2.34. The van der Waals surface area contributed by atoms with Gasteiger partial charge in [-0.05, 0) is 6.26 Å². The van der Waals surface area contributed by atoms with Crippen molar-refractivity contribution in [2.75, 3.05) is 31.6 Å². The van der Waals surface area contributed by atoms with Gasteiger partial charge in [0.1, 0.15) is 0 Å². The number of amides is 2. The van der Waals surface area contributed by atoms with Gasteiger partial charge in [-0.1, -0.05) is 0 Å². The second-order valence-corrected chi connectivity index (χ2v) is 4.21. The summed E-state index contributed by atoms with van der Waals surface area (Å²) >= 11 is 1.67. The van der Waals surface area contributed by atoms with Crippen molar-refractivity contribution < 1.29 is 9.59 Å². The van der Waals surface area contributed by atoms with Crippen LogP contribution in [0.1, 0.15) is 12.8 Å². The van der Waals surface area contributed by atoms with Gasteiger partial charge >= 0.3 is 0 Å². The Morgan fingerprint density at radius 3 is 3.07 bits per heavy atom. The smallest absolute Gasteiger partial charge is 0.223 e. The topological polar surface area (TPSA) is 49.4 Å². The zero-order valence-electron chi connectivity index (χ0n) is 8.41. The van der Waals surface area contributed by atoms with Gasteiger partial charge in [-0.3, -0.25) is 9.59 Å². The first kappa shape index (κ1) is 11.4. The third-order valence-corrected chi connectivity index (χ3v) is 2.80. The Morgan fingerprint density at radius 1 is 1.57 bits per heavy atom. The molecule has 0 aromatic carbocycles. The zero-order chi connectivity index (χ0) is 10.4. The summed E-state index contributed by atoms with van der Waals surface area (Å²) in [5.74, 6) is 1.07. The highest BCUT2D eigenvalue weighted by Gasteiger charge is 2.17. The Balaban J connectivity index is 2.35. The van der Waals surface area contributed by atoms with E-state index in [4.69, 9.17) is 0 Å². The molecule has 0 aromatic rings. The first-order chi connectivity index (χ1) is 6.74. The van der Waals surface area contributed by atoms with Gasteiger partial charge in [0.15, 0.2) is 0 Å². The van der Waals surface area contributed by atoms with Crippen LogP contribution in [-0.4, -0.2) is 48.4 Å². The molecule has 2 amide bonds. The molecule has 1 N–H and O–H groups in total. The maximum absolute atomic E-state index is 11.6. The summed E-state index contributed by atoms with van der Waals surface area (Å²) in [5.41, 5.74) is 0. The predicted octanol–water partition coefficient (Wildman–Crippen LogP) is 0.0880. The Kier molecular flexibility index (Phi) is 4.79. The minimum atomic E-state index is 0.0465. The molecule has 1 rings (SSSR count). The number of thioether (sulfide) groups is 1. The number of rotatable bonds is 3. The summed E-state index contributed by atoms with van der Waals surface area (Å²) in [6.45, 7) is 1.81. The van der Waals surface area contributed by atoms with Gasteiger partial charge in [0.25, 0.3) is 0 Å². The van der Waals surface area contributed by atoms with E-state index in [1.54, 1.807) is 16.7 Å². The Hall–Kier alpha value is -0.710. The molecule has 1 saturated heterocycles. The van der Waals surface area contributed by atoms with Crippen molar-refractivity contribution in [3.8, 4) is 0 Å². The second kappa shape index (κ2) is 5.90. The minimum absolute atomic E-state index is 0.0465. The first-order valence-electron chi connectivity index (χ1n) is 4.77. The maximum atomic E-state index is 11.6. The van der Waals surface area contributed by atoms with Crippen molar-refractivity contribution in [1.82, 2.24) is 10.2 Å². The van der Waals surface area contributed by atoms with Crippen molar-refractivity contribution in [2.24, 2.45) is 0 Å². The van der Waals surface area contributed by atoms with Crippen LogP contribution in [0, 0.1) is 0 Å². The van der Waals surface area contributed by atoms with E-state index in [1.165, 1.54) is 0 Å². The van der Waals surface area contributed by atoms with Crippen LogP contribution in [0.3, 0.4) is 0 Å². The van der Waals surface area contributed by atoms with E-state index in [0.29, 0.717) is 32.5 Å². The van der Waals surface area contributed by atoms with E-state index in [9.17, 15) is 9.59 Å². The summed E-state index contributed by atoms with van der Waals surface area (Å²) in [4.78, 5) is 24.4. The zero-order valence-corrected chi connectivity index (χ0v) is 9.23. The van der Waals surface area contributed by atoms with Gasteiger partial charge in [-0.25, -0.2) is 0 Å². The molecule has 0 spiro atoms. The van der Waals surface area contributed by atoms with E-state index in [-0.39, 0.29) is 11.8 Å². The lowest BCUT2D eigenvalue weighted by atomic mass is 10.3. The maximum Gasteiger partial charge on any atom is 0.223 e. The van der Waals surface area contributed by atoms with E-state index in [0.717, 1.165) is 5.75 Å². The summed E-state index contributed by atoms with van der Waals surface area (Å²) in [6, 6.07) is 0. The van der Waals surface area contributed by atoms with E-state index in [2.05, 4.69) is 5.32 Å². The van der Waals surface area contributed by atoms with Crippen LogP contribution >= 0.6 is 11.8 Å². The highest BCUT2D eigenvalue weighted by molar-refractivity contribution is 7.98. The summed E-state index contributed by atoms with van der Waals surface area (Å²) in [5, 5.41) is 2.75. The lowest BCUT2D eigenvalue weighted by molar-refractivity contribution is -0.130. The molecule has 4 nitrogen and oxygen atoms in total. The Morgan fingerprint density at radius 2 is 2.36 bits per heavy atom. The van der Waals surface area contributed by atoms with Crippen LogP contribution < -0.4 is 5.32 Å². The molecule has 0 unspecified atom stereocenters. The molecular weight excluding hydrogens is 200 g/mol. The monoisotopic (exact) mass is 216 g/mol. The van der Waals surface area contributed by atoms with Crippen LogP contribution in [0.15, 0.2) is 0 Å². The van der Waals surface area contributed by atoms with Gasteiger partial charge in [0.05, 0.1) is 0 Å². The molecule has 0 saturated carbocycles. The molecule has 0 radical (unpaired) electrons. The number of nitrogens with one attached hydrogen (secondary N) is 1. The minimum Gasteiger partial charge on any atom is -0.354 e. The first-order valence-corrected chi connectivity index (χ1v) is 6.17. The summed E-state index contributed by atoms with van der Waals surface area (Å²) in [7, 11) is 0. The van der Waals surface area contributed by atoms with Gasteiger partial charge < -0.3 is 10.2 Å². The Bertz CT molecular complexity index is 221. The molecule has 1 aliphatic rings. The number of hydrogen-bond acceptors (Lipinski definition) is 3. The average molecular weight is 216 g/mol. The highest BCUT2D eigenvalue weighted by atomic mass is 32.2. The summed E-state index contributed by atoms with van der Waals surface area (Å²) in [6.07, 6.45) is 3.00. The van der Waals surface area contributed by atoms with E-state index in [1.807, 2.05) is 6.26 Å². The van der Waals surface area contributed by atoms with Gasteiger partial charge in [-0.15, -0.1) is 0 Å². The Labute approximate surface area is 88.4 Å². The highest BCUT2D eigenvalue weighted by Crippen LogP contribution is 2.03. The fourth-order valence-electron chi connectivity index (χ4n) is 1.36. The van der Waals surface area contributed by atoms with Crippen LogP contribution in [0.5, 0.6) is 0 Å². The standard InChI is InChI=1S/C9H16N2O2S/c1-14-7-3-9(13)11-5-2-8(12)10-4-6-11/h2-7H2,1H3,(H,10,12). The van der Waals surface area contributed by atoms with Gasteiger partial charge in [0.2, 0.25) is 11.8 Å². The van der Waals surface area contributed by atoms with Crippen molar-refractivity contribution in [3.05, 3.63) is 0 Å². The summed E-state index contributed by atoms with van der Waals surface area (Å²) < 4.78 is 0. The van der Waals surface area contributed by atoms with Crippen LogP contribution in [0.25, 0.3) is 0 Å². The van der Waals surface area contributed by atoms with Crippen LogP contribution in [0.4, 0.5) is 0 Å². The molecule has 14 heavy (non-hydrogen) atoms. The van der Waals surface area contributed by atoms with Crippen LogP contribution in [-0.2, 0) is 9.59 Å². The van der Waals surface area contributed by atoms with E-state index < -0.39 is 0 Å². The number of carbonyl (C=O) groups is 2. The van der Waals surface area contributed by atoms with Gasteiger partial charge in [0, 0.05) is 38.2 Å². The predicted molar refractivity (Wildman–Crippen MR) is 57.2 cm³/mol.